The molecule has 0 N–H and O–H groups in total. The van der Waals surface area contributed by atoms with E-state index in [1.807, 2.05) is 32.8 Å². The summed E-state index contributed by atoms with van der Waals surface area (Å²) < 4.78 is 7.69. The number of nitro groups is 1. The molecule has 1 aromatic heterocycles. The quantitative estimate of drug-likeness (QED) is 0.625. The fourth-order valence-electron chi connectivity index (χ4n) is 3.58. The summed E-state index contributed by atoms with van der Waals surface area (Å²) in [5, 5.41) is 11.4. The Balaban J connectivity index is 2.50. The number of pyridine rings is 1. The summed E-state index contributed by atoms with van der Waals surface area (Å²) >= 11 is 0. The highest BCUT2D eigenvalue weighted by Gasteiger charge is 2.39. The summed E-state index contributed by atoms with van der Waals surface area (Å²) in [4.78, 5) is 25.5. The van der Waals surface area contributed by atoms with Gasteiger partial charge < -0.3 is 9.64 Å². The van der Waals surface area contributed by atoms with Gasteiger partial charge in [-0.2, -0.15) is 0 Å². The van der Waals surface area contributed by atoms with Gasteiger partial charge in [-0.1, -0.05) is 6.07 Å². The van der Waals surface area contributed by atoms with E-state index < -0.39 is 10.5 Å². The van der Waals surface area contributed by atoms with Crippen molar-refractivity contribution in [3.63, 3.8) is 0 Å². The minimum absolute atomic E-state index is 0.00774. The molecule has 0 amide bonds. The topological polar surface area (TPSA) is 77.6 Å². The van der Waals surface area contributed by atoms with Crippen LogP contribution in [0.15, 0.2) is 47.0 Å². The van der Waals surface area contributed by atoms with Crippen molar-refractivity contribution in [2.75, 3.05) is 14.1 Å². The van der Waals surface area contributed by atoms with Gasteiger partial charge >= 0.3 is 0 Å². The first-order chi connectivity index (χ1) is 12.1. The molecule has 26 heavy (non-hydrogen) atoms. The molecule has 0 spiro atoms. The van der Waals surface area contributed by atoms with Crippen LogP contribution < -0.4 is 10.3 Å². The largest absolute Gasteiger partial charge is 0.481 e. The van der Waals surface area contributed by atoms with Crippen molar-refractivity contribution in [2.24, 2.45) is 0 Å². The summed E-state index contributed by atoms with van der Waals surface area (Å²) in [6.45, 7) is 5.51. The number of hydrogen-bond acceptors (Lipinski definition) is 5. The van der Waals surface area contributed by atoms with Gasteiger partial charge in [-0.3, -0.25) is 19.5 Å². The number of likely N-dealkylation sites (N-methyl/N-ethyl adjacent to an activating group) is 1. The molecule has 1 aliphatic heterocycles. The Morgan fingerprint density at radius 2 is 1.88 bits per heavy atom. The number of rotatable bonds is 3. The first-order valence-electron chi connectivity index (χ1n) is 8.22. The van der Waals surface area contributed by atoms with Crippen LogP contribution in [0.2, 0.25) is 0 Å². The van der Waals surface area contributed by atoms with Crippen molar-refractivity contribution >= 4 is 11.4 Å². The number of ether oxygens (including phenoxy) is 1. The number of hydrogen-bond donors (Lipinski definition) is 0. The Kier molecular flexibility index (Phi) is 4.10. The van der Waals surface area contributed by atoms with Crippen molar-refractivity contribution < 1.29 is 9.66 Å². The van der Waals surface area contributed by atoms with Crippen LogP contribution in [0.4, 0.5) is 5.69 Å². The van der Waals surface area contributed by atoms with Gasteiger partial charge in [0, 0.05) is 38.0 Å². The Morgan fingerprint density at radius 3 is 2.46 bits per heavy atom. The van der Waals surface area contributed by atoms with E-state index in [1.165, 1.54) is 16.7 Å². The lowest BCUT2D eigenvalue weighted by Gasteiger charge is -2.40. The summed E-state index contributed by atoms with van der Waals surface area (Å²) in [5.74, 6) is 0.523. The Morgan fingerprint density at radius 1 is 1.19 bits per heavy atom. The van der Waals surface area contributed by atoms with Crippen LogP contribution in [0.25, 0.3) is 5.70 Å². The molecule has 0 bridgehead atoms. The van der Waals surface area contributed by atoms with Crippen molar-refractivity contribution in [3.8, 4) is 5.75 Å². The molecule has 0 unspecified atom stereocenters. The Hall–Kier alpha value is -3.09. The van der Waals surface area contributed by atoms with Gasteiger partial charge in [0.15, 0.2) is 0 Å². The molecular weight excluding hydrogens is 334 g/mol. The molecule has 0 fully saturated rings. The average Bonchev–Trinajstić information content (AvgIpc) is 2.52. The molecule has 3 rings (SSSR count). The molecule has 1 aromatic carbocycles. The van der Waals surface area contributed by atoms with Gasteiger partial charge in [0.2, 0.25) is 0 Å². The van der Waals surface area contributed by atoms with Crippen LogP contribution >= 0.6 is 0 Å². The van der Waals surface area contributed by atoms with Gasteiger partial charge in [0.05, 0.1) is 21.9 Å². The van der Waals surface area contributed by atoms with E-state index in [9.17, 15) is 14.9 Å². The van der Waals surface area contributed by atoms with Crippen LogP contribution in [0.5, 0.6) is 5.75 Å². The zero-order valence-corrected chi connectivity index (χ0v) is 15.4. The molecule has 7 nitrogen and oxygen atoms in total. The van der Waals surface area contributed by atoms with E-state index in [-0.39, 0.29) is 11.2 Å². The maximum absolute atomic E-state index is 12.6. The lowest BCUT2D eigenvalue weighted by atomic mass is 9.91. The second-order valence-electron chi connectivity index (χ2n) is 6.95. The highest BCUT2D eigenvalue weighted by atomic mass is 16.6. The van der Waals surface area contributed by atoms with E-state index in [0.717, 1.165) is 5.70 Å². The number of fused-ring (bicyclic) bond motifs is 1. The average molecular weight is 355 g/mol. The summed E-state index contributed by atoms with van der Waals surface area (Å²) in [6.07, 6.45) is 1.67. The van der Waals surface area contributed by atoms with Gasteiger partial charge in [-0.05, 0) is 32.9 Å². The third kappa shape index (κ3) is 2.65. The van der Waals surface area contributed by atoms with Crippen molar-refractivity contribution in [2.45, 2.75) is 26.4 Å². The molecule has 0 saturated carbocycles. The zero-order chi connectivity index (χ0) is 19.2. The van der Waals surface area contributed by atoms with Crippen molar-refractivity contribution in [1.82, 2.24) is 9.47 Å². The van der Waals surface area contributed by atoms with E-state index in [1.54, 1.807) is 31.3 Å². The minimum atomic E-state index is -0.719. The lowest BCUT2D eigenvalue weighted by Crippen LogP contribution is -2.43. The molecule has 2 aromatic rings. The molecule has 0 saturated heterocycles. The molecule has 0 radical (unpaired) electrons. The molecule has 7 heteroatoms. The van der Waals surface area contributed by atoms with E-state index in [4.69, 9.17) is 4.74 Å². The smallest absolute Gasteiger partial charge is 0.273 e. The Bertz CT molecular complexity index is 987. The number of aromatic nitrogens is 1. The summed E-state index contributed by atoms with van der Waals surface area (Å²) in [7, 11) is 3.73. The van der Waals surface area contributed by atoms with E-state index in [0.29, 0.717) is 22.6 Å². The highest BCUT2D eigenvalue weighted by Crippen LogP contribution is 2.45. The SMILES string of the molecule is Cc1c([N+](=O)[O-])ccc2c1C(n1ccccc1=O)=C(N(C)C)C(C)(C)O2. The predicted octanol–water partition coefficient (Wildman–Crippen LogP) is 3.01. The number of benzene rings is 1. The monoisotopic (exact) mass is 355 g/mol. The number of nitro benzene ring substituents is 1. The third-order valence-corrected chi connectivity index (χ3v) is 4.50. The molecule has 2 heterocycles. The first-order valence-corrected chi connectivity index (χ1v) is 8.22. The van der Waals surface area contributed by atoms with Gasteiger partial charge in [0.1, 0.15) is 11.4 Å². The maximum atomic E-state index is 12.6. The summed E-state index contributed by atoms with van der Waals surface area (Å²) in [5.41, 5.74) is 1.46. The van der Waals surface area contributed by atoms with Crippen LogP contribution in [-0.2, 0) is 0 Å². The standard InChI is InChI=1S/C19H21N3O4/c1-12-13(22(24)25)9-10-14-16(12)17(21-11-7-6-8-15(21)23)18(20(4)5)19(2,3)26-14/h6-11H,1-5H3. The van der Waals surface area contributed by atoms with Crippen molar-refractivity contribution in [1.29, 1.82) is 0 Å². The molecular formula is C19H21N3O4. The van der Waals surface area contributed by atoms with Gasteiger partial charge in [-0.15, -0.1) is 0 Å². The van der Waals surface area contributed by atoms with Crippen LogP contribution in [0.1, 0.15) is 25.0 Å². The van der Waals surface area contributed by atoms with Crippen molar-refractivity contribution in [3.05, 3.63) is 73.8 Å². The van der Waals surface area contributed by atoms with Crippen LogP contribution in [0, 0.1) is 17.0 Å². The van der Waals surface area contributed by atoms with Gasteiger partial charge in [-0.25, -0.2) is 0 Å². The second-order valence-corrected chi connectivity index (χ2v) is 6.95. The van der Waals surface area contributed by atoms with Gasteiger partial charge in [0.25, 0.3) is 11.2 Å². The predicted molar refractivity (Wildman–Crippen MR) is 99.2 cm³/mol. The van der Waals surface area contributed by atoms with E-state index >= 15 is 0 Å². The molecule has 0 atom stereocenters. The molecule has 136 valence electrons. The number of nitrogens with zero attached hydrogens (tertiary/aromatic N) is 3. The second kappa shape index (κ2) is 6.01. The summed E-state index contributed by atoms with van der Waals surface area (Å²) in [6, 6.07) is 7.94. The maximum Gasteiger partial charge on any atom is 0.273 e. The lowest BCUT2D eigenvalue weighted by molar-refractivity contribution is -0.385. The minimum Gasteiger partial charge on any atom is -0.481 e. The van der Waals surface area contributed by atoms with Crippen LogP contribution in [0.3, 0.4) is 0 Å². The zero-order valence-electron chi connectivity index (χ0n) is 15.4. The van der Waals surface area contributed by atoms with Crippen LogP contribution in [-0.4, -0.2) is 34.1 Å². The fourth-order valence-corrected chi connectivity index (χ4v) is 3.58. The first kappa shape index (κ1) is 17.7. The normalized spacial score (nSPS) is 15.3. The Labute approximate surface area is 151 Å². The van der Waals surface area contributed by atoms with E-state index in [2.05, 4.69) is 0 Å². The fraction of sp³-hybridized carbons (Fsp3) is 0.316. The highest BCUT2D eigenvalue weighted by molar-refractivity contribution is 5.80. The third-order valence-electron chi connectivity index (χ3n) is 4.50. The molecule has 0 aliphatic carbocycles. The molecule has 1 aliphatic rings.